The molecule has 0 aliphatic carbocycles. The number of H-pyrrole nitrogens is 1. The standard InChI is InChI=1S/C13H15N5O2S/c1-7-8(2)21-13-11(7)12(19)17-9(18-13)5-14-4-3-10-15-6-16-20-10/h6,14H,3-5H2,1-2H3,(H,17,18,19). The smallest absolute Gasteiger partial charge is 0.259 e. The topological polar surface area (TPSA) is 96.7 Å². The predicted molar refractivity (Wildman–Crippen MR) is 79.4 cm³/mol. The number of aromatic nitrogens is 4. The third-order valence-electron chi connectivity index (χ3n) is 3.30. The van der Waals surface area contributed by atoms with E-state index in [4.69, 9.17) is 4.52 Å². The Morgan fingerprint density at radius 2 is 2.29 bits per heavy atom. The van der Waals surface area contributed by atoms with E-state index >= 15 is 0 Å². The van der Waals surface area contributed by atoms with Gasteiger partial charge in [-0.3, -0.25) is 4.79 Å². The number of thiophene rings is 1. The minimum absolute atomic E-state index is 0.0736. The lowest BCUT2D eigenvalue weighted by molar-refractivity contribution is 0.374. The van der Waals surface area contributed by atoms with Crippen molar-refractivity contribution in [2.45, 2.75) is 26.8 Å². The molecule has 0 radical (unpaired) electrons. The van der Waals surface area contributed by atoms with Crippen LogP contribution in [0.5, 0.6) is 0 Å². The highest BCUT2D eigenvalue weighted by molar-refractivity contribution is 7.18. The van der Waals surface area contributed by atoms with Gasteiger partial charge >= 0.3 is 0 Å². The molecule has 21 heavy (non-hydrogen) atoms. The minimum Gasteiger partial charge on any atom is -0.340 e. The Balaban J connectivity index is 1.68. The first-order valence-corrected chi connectivity index (χ1v) is 7.42. The molecule has 3 aromatic rings. The lowest BCUT2D eigenvalue weighted by atomic mass is 10.2. The van der Waals surface area contributed by atoms with Gasteiger partial charge in [0, 0.05) is 17.8 Å². The van der Waals surface area contributed by atoms with Crippen LogP contribution >= 0.6 is 11.3 Å². The van der Waals surface area contributed by atoms with E-state index in [1.54, 1.807) is 11.3 Å². The highest BCUT2D eigenvalue weighted by atomic mass is 32.1. The molecule has 0 spiro atoms. The van der Waals surface area contributed by atoms with Gasteiger partial charge in [0.25, 0.3) is 5.56 Å². The zero-order chi connectivity index (χ0) is 14.8. The maximum atomic E-state index is 12.1. The van der Waals surface area contributed by atoms with Crippen LogP contribution in [-0.2, 0) is 13.0 Å². The molecule has 2 N–H and O–H groups in total. The molecule has 0 saturated carbocycles. The largest absolute Gasteiger partial charge is 0.340 e. The van der Waals surface area contributed by atoms with Crippen molar-refractivity contribution < 1.29 is 4.52 Å². The van der Waals surface area contributed by atoms with E-state index in [0.717, 1.165) is 15.3 Å². The second-order valence-electron chi connectivity index (χ2n) is 4.74. The van der Waals surface area contributed by atoms with Gasteiger partial charge in [0.1, 0.15) is 10.7 Å². The van der Waals surface area contributed by atoms with Crippen molar-refractivity contribution >= 4 is 21.6 Å². The minimum atomic E-state index is -0.0736. The van der Waals surface area contributed by atoms with Crippen molar-refractivity contribution in [1.82, 2.24) is 25.4 Å². The van der Waals surface area contributed by atoms with E-state index in [0.29, 0.717) is 36.6 Å². The van der Waals surface area contributed by atoms with E-state index in [-0.39, 0.29) is 5.56 Å². The molecule has 0 aromatic carbocycles. The summed E-state index contributed by atoms with van der Waals surface area (Å²) in [6.45, 7) is 5.12. The lowest BCUT2D eigenvalue weighted by Gasteiger charge is -2.02. The van der Waals surface area contributed by atoms with Crippen molar-refractivity contribution in [3.05, 3.63) is 38.8 Å². The molecule has 0 bridgehead atoms. The molecule has 3 heterocycles. The molecule has 3 rings (SSSR count). The first-order chi connectivity index (χ1) is 10.1. The summed E-state index contributed by atoms with van der Waals surface area (Å²) in [6.07, 6.45) is 2.02. The number of hydrogen-bond acceptors (Lipinski definition) is 7. The Kier molecular flexibility index (Phi) is 3.80. The monoisotopic (exact) mass is 305 g/mol. The highest BCUT2D eigenvalue weighted by Crippen LogP contribution is 2.25. The van der Waals surface area contributed by atoms with E-state index in [1.165, 1.54) is 6.33 Å². The van der Waals surface area contributed by atoms with Crippen LogP contribution < -0.4 is 10.9 Å². The molecule has 0 aliphatic heterocycles. The quantitative estimate of drug-likeness (QED) is 0.690. The van der Waals surface area contributed by atoms with Crippen LogP contribution in [0.2, 0.25) is 0 Å². The average molecular weight is 305 g/mol. The summed E-state index contributed by atoms with van der Waals surface area (Å²) in [7, 11) is 0. The van der Waals surface area contributed by atoms with Crippen LogP contribution in [0.4, 0.5) is 0 Å². The second-order valence-corrected chi connectivity index (χ2v) is 5.94. The van der Waals surface area contributed by atoms with E-state index in [9.17, 15) is 4.79 Å². The number of hydrogen-bond donors (Lipinski definition) is 2. The average Bonchev–Trinajstić information content (AvgIpc) is 3.04. The fourth-order valence-corrected chi connectivity index (χ4v) is 3.14. The van der Waals surface area contributed by atoms with Gasteiger partial charge in [-0.15, -0.1) is 11.3 Å². The normalized spacial score (nSPS) is 11.3. The lowest BCUT2D eigenvalue weighted by Crippen LogP contribution is -2.21. The van der Waals surface area contributed by atoms with Gasteiger partial charge in [-0.1, -0.05) is 5.16 Å². The molecule has 8 heteroatoms. The third kappa shape index (κ3) is 2.86. The summed E-state index contributed by atoms with van der Waals surface area (Å²) < 4.78 is 4.91. The first kappa shape index (κ1) is 13.9. The van der Waals surface area contributed by atoms with Crippen LogP contribution in [0, 0.1) is 13.8 Å². The summed E-state index contributed by atoms with van der Waals surface area (Å²) >= 11 is 1.55. The van der Waals surface area contributed by atoms with Gasteiger partial charge in [0.05, 0.1) is 11.9 Å². The summed E-state index contributed by atoms with van der Waals surface area (Å²) in [6, 6.07) is 0. The van der Waals surface area contributed by atoms with Gasteiger partial charge in [-0.25, -0.2) is 4.98 Å². The summed E-state index contributed by atoms with van der Waals surface area (Å²) in [5.74, 6) is 1.23. The van der Waals surface area contributed by atoms with E-state index in [2.05, 4.69) is 25.4 Å². The first-order valence-electron chi connectivity index (χ1n) is 6.60. The van der Waals surface area contributed by atoms with Crippen molar-refractivity contribution in [3.63, 3.8) is 0 Å². The zero-order valence-corrected chi connectivity index (χ0v) is 12.6. The SMILES string of the molecule is Cc1sc2nc(CNCCc3ncno3)[nH]c(=O)c2c1C. The maximum Gasteiger partial charge on any atom is 0.259 e. The second kappa shape index (κ2) is 5.74. The van der Waals surface area contributed by atoms with Crippen LogP contribution in [0.15, 0.2) is 15.6 Å². The maximum absolute atomic E-state index is 12.1. The zero-order valence-electron chi connectivity index (χ0n) is 11.8. The van der Waals surface area contributed by atoms with Gasteiger partial charge in [0.15, 0.2) is 6.33 Å². The third-order valence-corrected chi connectivity index (χ3v) is 4.40. The van der Waals surface area contributed by atoms with Crippen molar-refractivity contribution in [2.75, 3.05) is 6.54 Å². The highest BCUT2D eigenvalue weighted by Gasteiger charge is 2.11. The Bertz CT molecular complexity index is 806. The molecule has 0 amide bonds. The van der Waals surface area contributed by atoms with Crippen LogP contribution in [0.25, 0.3) is 10.2 Å². The summed E-state index contributed by atoms with van der Waals surface area (Å²) in [5, 5.41) is 7.44. The Morgan fingerprint density at radius 1 is 1.43 bits per heavy atom. The molecule has 0 fully saturated rings. The number of rotatable bonds is 5. The molecular formula is C13H15N5O2S. The Labute approximate surface area is 124 Å². The van der Waals surface area contributed by atoms with Crippen molar-refractivity contribution in [3.8, 4) is 0 Å². The molecule has 0 unspecified atom stereocenters. The number of fused-ring (bicyclic) bond motifs is 1. The van der Waals surface area contributed by atoms with Gasteiger partial charge < -0.3 is 14.8 Å². The predicted octanol–water partition coefficient (Wildman–Crippen LogP) is 1.32. The summed E-state index contributed by atoms with van der Waals surface area (Å²) in [4.78, 5) is 25.3. The summed E-state index contributed by atoms with van der Waals surface area (Å²) in [5.41, 5.74) is 0.940. The van der Waals surface area contributed by atoms with Crippen LogP contribution in [-0.4, -0.2) is 26.7 Å². The molecule has 3 aromatic heterocycles. The van der Waals surface area contributed by atoms with Crippen LogP contribution in [0.1, 0.15) is 22.2 Å². The molecule has 7 nitrogen and oxygen atoms in total. The molecule has 110 valence electrons. The number of aromatic amines is 1. The number of nitrogens with one attached hydrogen (secondary N) is 2. The van der Waals surface area contributed by atoms with Gasteiger partial charge in [-0.2, -0.15) is 4.98 Å². The van der Waals surface area contributed by atoms with Crippen molar-refractivity contribution in [2.24, 2.45) is 0 Å². The fourth-order valence-electron chi connectivity index (χ4n) is 2.09. The molecule has 0 aliphatic rings. The van der Waals surface area contributed by atoms with E-state index < -0.39 is 0 Å². The Morgan fingerprint density at radius 3 is 3.05 bits per heavy atom. The van der Waals surface area contributed by atoms with E-state index in [1.807, 2.05) is 13.8 Å². The van der Waals surface area contributed by atoms with Gasteiger partial charge in [-0.05, 0) is 19.4 Å². The number of nitrogens with zero attached hydrogens (tertiary/aromatic N) is 3. The number of aryl methyl sites for hydroxylation is 2. The molecule has 0 saturated heterocycles. The van der Waals surface area contributed by atoms with Crippen molar-refractivity contribution in [1.29, 1.82) is 0 Å². The molecular weight excluding hydrogens is 290 g/mol. The fraction of sp³-hybridized carbons (Fsp3) is 0.385. The molecule has 0 atom stereocenters. The van der Waals surface area contributed by atoms with Gasteiger partial charge in [0.2, 0.25) is 5.89 Å². The Hall–Kier alpha value is -2.06. The van der Waals surface area contributed by atoms with Crippen LogP contribution in [0.3, 0.4) is 0 Å².